The highest BCUT2D eigenvalue weighted by molar-refractivity contribution is 6.08. The number of aryl methyl sites for hydroxylation is 1. The number of aromatic nitrogens is 1. The van der Waals surface area contributed by atoms with Gasteiger partial charge >= 0.3 is 5.97 Å². The van der Waals surface area contributed by atoms with E-state index in [-0.39, 0.29) is 5.92 Å². The number of carbonyl (C=O) groups is 1. The molecule has 0 amide bonds. The maximum absolute atomic E-state index is 11.3. The Balaban J connectivity index is 1.97. The number of nitrogens with one attached hydrogen (secondary N) is 1. The molecule has 0 spiro atoms. The molecule has 0 aliphatic rings. The Kier molecular flexibility index (Phi) is 4.58. The molecule has 3 aromatic rings. The van der Waals surface area contributed by atoms with Crippen molar-refractivity contribution in [2.24, 2.45) is 5.92 Å². The zero-order valence-corrected chi connectivity index (χ0v) is 14.4. The van der Waals surface area contributed by atoms with Crippen LogP contribution in [0.15, 0.2) is 42.5 Å². The monoisotopic (exact) mass is 324 g/mol. The van der Waals surface area contributed by atoms with E-state index in [9.17, 15) is 9.90 Å². The van der Waals surface area contributed by atoms with Crippen LogP contribution in [0.4, 0.5) is 0 Å². The number of nitrogens with zero attached hydrogens (tertiary/aromatic N) is 1. The lowest BCUT2D eigenvalue weighted by molar-refractivity contribution is -0.140. The summed E-state index contributed by atoms with van der Waals surface area (Å²) in [6.07, 6.45) is 0. The molecule has 4 nitrogen and oxygen atoms in total. The standard InChI is InChI=1S/C20H24N2O2/c1-4-22-17-8-6-5-7-15(17)16-11-14(9-10-18(16)22)12-21-19(13(2)3)20(23)24/h5-11,13,19,21H,4,12H2,1-3H3,(H,23,24)/t19-/m0/s1. The van der Waals surface area contributed by atoms with Gasteiger partial charge in [0.2, 0.25) is 0 Å². The molecule has 2 N–H and O–H groups in total. The van der Waals surface area contributed by atoms with Crippen molar-refractivity contribution in [1.82, 2.24) is 9.88 Å². The van der Waals surface area contributed by atoms with Crippen LogP contribution in [-0.2, 0) is 17.9 Å². The number of rotatable bonds is 6. The predicted molar refractivity (Wildman–Crippen MR) is 98.2 cm³/mol. The molecule has 0 bridgehead atoms. The topological polar surface area (TPSA) is 54.3 Å². The van der Waals surface area contributed by atoms with Crippen molar-refractivity contribution in [2.45, 2.75) is 39.9 Å². The Hall–Kier alpha value is -2.33. The average molecular weight is 324 g/mol. The average Bonchev–Trinajstić information content (AvgIpc) is 2.87. The first-order chi connectivity index (χ1) is 11.5. The Morgan fingerprint density at radius 2 is 1.83 bits per heavy atom. The third-order valence-corrected chi connectivity index (χ3v) is 4.61. The number of para-hydroxylation sites is 1. The quantitative estimate of drug-likeness (QED) is 0.720. The number of fused-ring (bicyclic) bond motifs is 3. The Labute approximate surface area is 142 Å². The Morgan fingerprint density at radius 3 is 2.50 bits per heavy atom. The second-order valence-corrected chi connectivity index (χ2v) is 6.55. The number of hydrogen-bond donors (Lipinski definition) is 2. The first-order valence-electron chi connectivity index (χ1n) is 8.49. The van der Waals surface area contributed by atoms with Crippen molar-refractivity contribution in [2.75, 3.05) is 0 Å². The molecule has 3 rings (SSSR count). The summed E-state index contributed by atoms with van der Waals surface area (Å²) in [4.78, 5) is 11.3. The maximum atomic E-state index is 11.3. The van der Waals surface area contributed by atoms with Gasteiger partial charge in [-0.1, -0.05) is 38.1 Å². The van der Waals surface area contributed by atoms with Crippen molar-refractivity contribution >= 4 is 27.8 Å². The van der Waals surface area contributed by atoms with Crippen LogP contribution in [0, 0.1) is 5.92 Å². The minimum atomic E-state index is -0.798. The van der Waals surface area contributed by atoms with Gasteiger partial charge < -0.3 is 15.0 Å². The molecule has 0 aliphatic heterocycles. The third-order valence-electron chi connectivity index (χ3n) is 4.61. The second kappa shape index (κ2) is 6.65. The highest BCUT2D eigenvalue weighted by Gasteiger charge is 2.20. The van der Waals surface area contributed by atoms with Crippen LogP contribution in [0.25, 0.3) is 21.8 Å². The van der Waals surface area contributed by atoms with Crippen LogP contribution < -0.4 is 5.32 Å². The van der Waals surface area contributed by atoms with Gasteiger partial charge in [-0.25, -0.2) is 0 Å². The molecule has 1 aromatic heterocycles. The Bertz CT molecular complexity index is 880. The molecule has 24 heavy (non-hydrogen) atoms. The minimum absolute atomic E-state index is 0.0493. The second-order valence-electron chi connectivity index (χ2n) is 6.55. The van der Waals surface area contributed by atoms with Crippen LogP contribution in [0.2, 0.25) is 0 Å². The first kappa shape index (κ1) is 16.5. The van der Waals surface area contributed by atoms with Crippen molar-refractivity contribution in [3.8, 4) is 0 Å². The number of carboxylic acid groups (broad SMARTS) is 1. The third kappa shape index (κ3) is 2.89. The Morgan fingerprint density at radius 1 is 1.12 bits per heavy atom. The molecule has 1 atom stereocenters. The molecule has 0 fully saturated rings. The van der Waals surface area contributed by atoms with E-state index < -0.39 is 12.0 Å². The van der Waals surface area contributed by atoms with Gasteiger partial charge in [-0.15, -0.1) is 0 Å². The lowest BCUT2D eigenvalue weighted by Gasteiger charge is -2.18. The van der Waals surface area contributed by atoms with Gasteiger partial charge in [-0.2, -0.15) is 0 Å². The summed E-state index contributed by atoms with van der Waals surface area (Å²) in [6, 6.07) is 14.3. The molecule has 0 saturated carbocycles. The van der Waals surface area contributed by atoms with Crippen LogP contribution in [0.3, 0.4) is 0 Å². The van der Waals surface area contributed by atoms with E-state index in [4.69, 9.17) is 0 Å². The normalized spacial score (nSPS) is 13.0. The smallest absolute Gasteiger partial charge is 0.320 e. The summed E-state index contributed by atoms with van der Waals surface area (Å²) >= 11 is 0. The zero-order chi connectivity index (χ0) is 17.3. The molecular weight excluding hydrogens is 300 g/mol. The van der Waals surface area contributed by atoms with Crippen molar-refractivity contribution in [3.05, 3.63) is 48.0 Å². The molecule has 0 saturated heterocycles. The summed E-state index contributed by atoms with van der Waals surface area (Å²) in [5.74, 6) is -0.748. The van der Waals surface area contributed by atoms with E-state index in [0.717, 1.165) is 12.1 Å². The molecular formula is C20H24N2O2. The zero-order valence-electron chi connectivity index (χ0n) is 14.4. The molecule has 126 valence electrons. The van der Waals surface area contributed by atoms with Gasteiger partial charge in [0.15, 0.2) is 0 Å². The van der Waals surface area contributed by atoms with Gasteiger partial charge in [0, 0.05) is 34.9 Å². The summed E-state index contributed by atoms with van der Waals surface area (Å²) in [5.41, 5.74) is 3.57. The van der Waals surface area contributed by atoms with Gasteiger partial charge in [0.1, 0.15) is 6.04 Å². The predicted octanol–water partition coefficient (Wildman–Crippen LogP) is 4.01. The summed E-state index contributed by atoms with van der Waals surface area (Å²) in [7, 11) is 0. The van der Waals surface area contributed by atoms with E-state index in [2.05, 4.69) is 59.3 Å². The van der Waals surface area contributed by atoms with Crippen molar-refractivity contribution < 1.29 is 9.90 Å². The molecule has 1 heterocycles. The van der Waals surface area contributed by atoms with Crippen molar-refractivity contribution in [3.63, 3.8) is 0 Å². The molecule has 0 radical (unpaired) electrons. The summed E-state index contributed by atoms with van der Waals surface area (Å²) < 4.78 is 2.32. The maximum Gasteiger partial charge on any atom is 0.320 e. The fraction of sp³-hybridized carbons (Fsp3) is 0.350. The van der Waals surface area contributed by atoms with Crippen LogP contribution in [-0.4, -0.2) is 21.7 Å². The van der Waals surface area contributed by atoms with E-state index in [1.807, 2.05) is 13.8 Å². The number of benzene rings is 2. The molecule has 0 aliphatic carbocycles. The molecule has 2 aromatic carbocycles. The largest absolute Gasteiger partial charge is 0.480 e. The SMILES string of the molecule is CCn1c2ccccc2c2cc(CN[C@H](C(=O)O)C(C)C)ccc21. The number of hydrogen-bond acceptors (Lipinski definition) is 2. The van der Waals surface area contributed by atoms with E-state index in [1.165, 1.54) is 21.8 Å². The van der Waals surface area contributed by atoms with Gasteiger partial charge in [-0.3, -0.25) is 4.79 Å². The van der Waals surface area contributed by atoms with Gasteiger partial charge in [0.05, 0.1) is 0 Å². The van der Waals surface area contributed by atoms with Crippen molar-refractivity contribution in [1.29, 1.82) is 0 Å². The van der Waals surface area contributed by atoms with Crippen LogP contribution >= 0.6 is 0 Å². The van der Waals surface area contributed by atoms with Gasteiger partial charge in [0.25, 0.3) is 0 Å². The lowest BCUT2D eigenvalue weighted by Crippen LogP contribution is -2.40. The van der Waals surface area contributed by atoms with Crippen LogP contribution in [0.5, 0.6) is 0 Å². The summed E-state index contributed by atoms with van der Waals surface area (Å²) in [5, 5.41) is 14.9. The fourth-order valence-electron chi connectivity index (χ4n) is 3.39. The molecule has 4 heteroatoms. The minimum Gasteiger partial charge on any atom is -0.480 e. The number of aliphatic carboxylic acids is 1. The first-order valence-corrected chi connectivity index (χ1v) is 8.49. The van der Waals surface area contributed by atoms with Gasteiger partial charge in [-0.05, 0) is 36.6 Å². The lowest BCUT2D eigenvalue weighted by atomic mass is 10.0. The highest BCUT2D eigenvalue weighted by atomic mass is 16.4. The van der Waals surface area contributed by atoms with Crippen LogP contribution in [0.1, 0.15) is 26.3 Å². The number of carboxylic acids is 1. The fourth-order valence-corrected chi connectivity index (χ4v) is 3.39. The van der Waals surface area contributed by atoms with E-state index in [0.29, 0.717) is 6.54 Å². The highest BCUT2D eigenvalue weighted by Crippen LogP contribution is 2.29. The van der Waals surface area contributed by atoms with E-state index >= 15 is 0 Å². The summed E-state index contributed by atoms with van der Waals surface area (Å²) in [6.45, 7) is 7.47. The molecule has 0 unspecified atom stereocenters. The van der Waals surface area contributed by atoms with E-state index in [1.54, 1.807) is 0 Å².